The first-order valence-electron chi connectivity index (χ1n) is 9.93. The van der Waals surface area contributed by atoms with Crippen LogP contribution in [0.3, 0.4) is 0 Å². The van der Waals surface area contributed by atoms with Crippen LogP contribution < -0.4 is 16.5 Å². The number of nitrogen functional groups attached to an aromatic ring is 1. The molecule has 5 N–H and O–H groups in total. The Kier molecular flexibility index (Phi) is 7.53. The molecule has 1 heterocycles. The molecule has 30 heavy (non-hydrogen) atoms. The highest BCUT2D eigenvalue weighted by molar-refractivity contribution is 5.94. The number of nitrogens with zero attached hydrogens (tertiary/aromatic N) is 1. The molecule has 3 rings (SSSR count). The first-order valence-corrected chi connectivity index (χ1v) is 9.93. The van der Waals surface area contributed by atoms with Crippen molar-refractivity contribution < 1.29 is 14.3 Å². The number of hydrogen-bond acceptors (Lipinski definition) is 5. The Bertz CT molecular complexity index is 870. The topological polar surface area (TPSA) is 121 Å². The Morgan fingerprint density at radius 1 is 1.13 bits per heavy atom. The summed E-state index contributed by atoms with van der Waals surface area (Å²) in [6.45, 7) is 1.80. The van der Waals surface area contributed by atoms with Crippen molar-refractivity contribution in [1.82, 2.24) is 15.8 Å². The number of carbonyl (C=O) groups is 2. The highest BCUT2D eigenvalue weighted by Crippen LogP contribution is 2.10. The zero-order valence-electron chi connectivity index (χ0n) is 16.8. The van der Waals surface area contributed by atoms with E-state index in [0.717, 1.165) is 12.0 Å². The monoisotopic (exact) mass is 409 g/mol. The van der Waals surface area contributed by atoms with Crippen LogP contribution in [-0.4, -0.2) is 48.5 Å². The maximum atomic E-state index is 12.6. The quantitative estimate of drug-likeness (QED) is 0.363. The zero-order chi connectivity index (χ0) is 21.3. The molecular weight excluding hydrogens is 382 g/mol. The Labute approximate surface area is 175 Å². The maximum absolute atomic E-state index is 12.6. The molecule has 8 heteroatoms. The molecule has 1 aliphatic heterocycles. The van der Waals surface area contributed by atoms with Crippen LogP contribution in [-0.2, 0) is 27.3 Å². The second-order valence-electron chi connectivity index (χ2n) is 7.08. The van der Waals surface area contributed by atoms with E-state index in [4.69, 9.17) is 15.9 Å². The molecule has 0 radical (unpaired) electrons. The summed E-state index contributed by atoms with van der Waals surface area (Å²) in [7, 11) is 0. The third-order valence-corrected chi connectivity index (χ3v) is 4.86. The molecule has 1 fully saturated rings. The van der Waals surface area contributed by atoms with Crippen molar-refractivity contribution in [3.05, 3.63) is 71.3 Å². The van der Waals surface area contributed by atoms with Crippen LogP contribution in [0.25, 0.3) is 0 Å². The largest absolute Gasteiger partial charge is 0.384 e. The van der Waals surface area contributed by atoms with Gasteiger partial charge >= 0.3 is 0 Å². The molecule has 0 bridgehead atoms. The lowest BCUT2D eigenvalue weighted by molar-refractivity contribution is -0.159. The predicted octanol–water partition coefficient (Wildman–Crippen LogP) is 0.952. The summed E-state index contributed by atoms with van der Waals surface area (Å²) in [6, 6.07) is 17.1. The fraction of sp³-hybridized carbons (Fsp3) is 0.318. The van der Waals surface area contributed by atoms with Gasteiger partial charge in [0.1, 0.15) is 11.9 Å². The van der Waals surface area contributed by atoms with E-state index < -0.39 is 6.10 Å². The summed E-state index contributed by atoms with van der Waals surface area (Å²) in [5.41, 5.74) is 11.3. The van der Waals surface area contributed by atoms with Crippen molar-refractivity contribution in [1.29, 1.82) is 5.41 Å². The van der Waals surface area contributed by atoms with E-state index in [2.05, 4.69) is 10.7 Å². The number of amides is 2. The fourth-order valence-electron chi connectivity index (χ4n) is 3.17. The number of nitrogens with two attached hydrogens (primary N) is 1. The molecule has 1 saturated heterocycles. The van der Waals surface area contributed by atoms with Crippen LogP contribution in [0.5, 0.6) is 0 Å². The summed E-state index contributed by atoms with van der Waals surface area (Å²) in [4.78, 5) is 24.9. The molecule has 1 atom stereocenters. The number of nitrogens with one attached hydrogen (secondary N) is 3. The van der Waals surface area contributed by atoms with Gasteiger partial charge in [0.2, 0.25) is 5.91 Å². The van der Waals surface area contributed by atoms with Crippen molar-refractivity contribution in [2.45, 2.75) is 25.5 Å². The smallest absolute Gasteiger partial charge is 0.266 e. The van der Waals surface area contributed by atoms with Crippen LogP contribution in [0, 0.1) is 5.41 Å². The highest BCUT2D eigenvalue weighted by Gasteiger charge is 2.31. The zero-order valence-corrected chi connectivity index (χ0v) is 16.8. The normalized spacial score (nSPS) is 16.3. The van der Waals surface area contributed by atoms with E-state index in [1.165, 1.54) is 5.56 Å². The summed E-state index contributed by atoms with van der Waals surface area (Å²) in [5, 5.41) is 11.7. The van der Waals surface area contributed by atoms with Gasteiger partial charge in [-0.1, -0.05) is 54.6 Å². The lowest BCUT2D eigenvalue weighted by Gasteiger charge is -2.32. The van der Waals surface area contributed by atoms with Crippen molar-refractivity contribution in [2.24, 2.45) is 5.73 Å². The molecule has 0 unspecified atom stereocenters. The van der Waals surface area contributed by atoms with E-state index in [1.807, 2.05) is 30.3 Å². The van der Waals surface area contributed by atoms with Crippen LogP contribution in [0.2, 0.25) is 0 Å². The van der Waals surface area contributed by atoms with Crippen molar-refractivity contribution >= 4 is 17.6 Å². The van der Waals surface area contributed by atoms with Crippen LogP contribution >= 0.6 is 0 Å². The lowest BCUT2D eigenvalue weighted by atomic mass is 10.1. The molecule has 0 aromatic heterocycles. The molecule has 8 nitrogen and oxygen atoms in total. The minimum atomic E-state index is -0.789. The number of carbonyl (C=O) groups excluding carboxylic acids is 2. The fourth-order valence-corrected chi connectivity index (χ4v) is 3.17. The number of hydrazine groups is 1. The van der Waals surface area contributed by atoms with Crippen LogP contribution in [0.1, 0.15) is 23.1 Å². The molecule has 1 aliphatic rings. The second kappa shape index (κ2) is 10.5. The van der Waals surface area contributed by atoms with Crippen molar-refractivity contribution in [3.63, 3.8) is 0 Å². The van der Waals surface area contributed by atoms with Crippen LogP contribution in [0.4, 0.5) is 0 Å². The standard InChI is InChI=1S/C22H27N5O3/c23-21(24)18-8-6-17(7-9-18)15-25-20(28)14-19-22(29)27(12-13-30-19)26-11-10-16-4-2-1-3-5-16/h1-9,19,26H,10-15H2,(H3,23,24)(H,25,28)/t19-/m1/s1. The van der Waals surface area contributed by atoms with E-state index in [1.54, 1.807) is 29.3 Å². The van der Waals surface area contributed by atoms with Crippen LogP contribution in [0.15, 0.2) is 54.6 Å². The third-order valence-electron chi connectivity index (χ3n) is 4.86. The molecule has 2 aromatic carbocycles. The molecule has 158 valence electrons. The summed E-state index contributed by atoms with van der Waals surface area (Å²) in [5.74, 6) is -0.481. The number of benzene rings is 2. The summed E-state index contributed by atoms with van der Waals surface area (Å²) >= 11 is 0. The SMILES string of the molecule is N=C(N)c1ccc(CNC(=O)C[C@H]2OCCN(NCCc3ccccc3)C2=O)cc1. The number of hydrogen-bond donors (Lipinski definition) is 4. The van der Waals surface area contributed by atoms with Crippen molar-refractivity contribution in [3.8, 4) is 0 Å². The predicted molar refractivity (Wildman–Crippen MR) is 114 cm³/mol. The number of amidine groups is 1. The molecule has 2 amide bonds. The molecular formula is C22H27N5O3. The van der Waals surface area contributed by atoms with E-state index in [-0.39, 0.29) is 24.1 Å². The van der Waals surface area contributed by atoms with Crippen molar-refractivity contribution in [2.75, 3.05) is 19.7 Å². The summed E-state index contributed by atoms with van der Waals surface area (Å²) in [6.07, 6.45) is -0.0108. The first kappa shape index (κ1) is 21.5. The molecule has 0 spiro atoms. The van der Waals surface area contributed by atoms with E-state index in [9.17, 15) is 9.59 Å². The highest BCUT2D eigenvalue weighted by atomic mass is 16.5. The number of morpholine rings is 1. The minimum Gasteiger partial charge on any atom is -0.384 e. The number of rotatable bonds is 9. The molecule has 0 aliphatic carbocycles. The summed E-state index contributed by atoms with van der Waals surface area (Å²) < 4.78 is 5.52. The van der Waals surface area contributed by atoms with Gasteiger partial charge in [0, 0.05) is 18.7 Å². The Balaban J connectivity index is 1.43. The van der Waals surface area contributed by atoms with Gasteiger partial charge in [0.25, 0.3) is 5.91 Å². The van der Waals surface area contributed by atoms with Gasteiger partial charge in [-0.2, -0.15) is 0 Å². The molecule has 0 saturated carbocycles. The average Bonchev–Trinajstić information content (AvgIpc) is 2.76. The van der Waals surface area contributed by atoms with E-state index >= 15 is 0 Å². The second-order valence-corrected chi connectivity index (χ2v) is 7.08. The number of ether oxygens (including phenoxy) is 1. The van der Waals surface area contributed by atoms with Gasteiger partial charge in [-0.25, -0.2) is 5.43 Å². The first-order chi connectivity index (χ1) is 14.5. The lowest BCUT2D eigenvalue weighted by Crippen LogP contribution is -2.55. The van der Waals surface area contributed by atoms with Gasteiger partial charge in [0.05, 0.1) is 19.6 Å². The van der Waals surface area contributed by atoms with Gasteiger partial charge in [0.15, 0.2) is 0 Å². The average molecular weight is 409 g/mol. The van der Waals surface area contributed by atoms with Gasteiger partial charge in [-0.3, -0.25) is 20.0 Å². The van der Waals surface area contributed by atoms with Gasteiger partial charge < -0.3 is 15.8 Å². The molecule has 2 aromatic rings. The van der Waals surface area contributed by atoms with Gasteiger partial charge in [-0.05, 0) is 17.5 Å². The minimum absolute atomic E-state index is 0.000442. The Morgan fingerprint density at radius 2 is 1.87 bits per heavy atom. The Morgan fingerprint density at radius 3 is 2.57 bits per heavy atom. The van der Waals surface area contributed by atoms with Gasteiger partial charge in [-0.15, -0.1) is 0 Å². The third kappa shape index (κ3) is 6.13. The maximum Gasteiger partial charge on any atom is 0.266 e. The van der Waals surface area contributed by atoms with E-state index in [0.29, 0.717) is 31.8 Å². The Hall–Kier alpha value is -3.23.